The molecule has 0 fully saturated rings. The summed E-state index contributed by atoms with van der Waals surface area (Å²) in [5, 5.41) is 29.6. The Hall–Kier alpha value is -3.36. The van der Waals surface area contributed by atoms with Gasteiger partial charge in [0, 0.05) is 6.20 Å². The van der Waals surface area contributed by atoms with Crippen molar-refractivity contribution in [1.29, 1.82) is 10.5 Å². The number of fused-ring (bicyclic) bond motifs is 1. The van der Waals surface area contributed by atoms with Gasteiger partial charge in [0.1, 0.15) is 34.6 Å². The second-order valence-corrected chi connectivity index (χ2v) is 7.43. The molecule has 8 nitrogen and oxygen atoms in total. The lowest BCUT2D eigenvalue weighted by Gasteiger charge is -2.40. The third-order valence-electron chi connectivity index (χ3n) is 3.79. The van der Waals surface area contributed by atoms with Crippen molar-refractivity contribution in [3.8, 4) is 12.1 Å². The van der Waals surface area contributed by atoms with Gasteiger partial charge in [-0.25, -0.2) is 9.59 Å². The highest BCUT2D eigenvalue weighted by atomic mass is 16.6. The van der Waals surface area contributed by atoms with Gasteiger partial charge in [0.25, 0.3) is 0 Å². The van der Waals surface area contributed by atoms with Crippen molar-refractivity contribution in [3.63, 3.8) is 0 Å². The molecule has 1 N–H and O–H groups in total. The van der Waals surface area contributed by atoms with Crippen LogP contribution in [0.25, 0.3) is 0 Å². The van der Waals surface area contributed by atoms with E-state index in [4.69, 9.17) is 9.47 Å². The maximum atomic E-state index is 13.1. The van der Waals surface area contributed by atoms with E-state index >= 15 is 0 Å². The van der Waals surface area contributed by atoms with E-state index in [-0.39, 0.29) is 17.0 Å². The maximum absolute atomic E-state index is 13.1. The number of ether oxygens (including phenoxy) is 2. The monoisotopic (exact) mass is 383 g/mol. The third-order valence-corrected chi connectivity index (χ3v) is 3.79. The number of carbonyl (C=O) groups excluding carboxylic acids is 1. The summed E-state index contributed by atoms with van der Waals surface area (Å²) in [6, 6.07) is 3.67. The molecule has 1 atom stereocenters. The highest BCUT2D eigenvalue weighted by Gasteiger charge is 2.55. The lowest BCUT2D eigenvalue weighted by Crippen LogP contribution is -2.50. The zero-order valence-electron chi connectivity index (χ0n) is 16.3. The van der Waals surface area contributed by atoms with Crippen LogP contribution in [0.2, 0.25) is 0 Å². The molecule has 0 aromatic carbocycles. The molecular formula is C20H21N3O5. The molecule has 2 aliphatic heterocycles. The molecule has 0 spiro atoms. The molecule has 0 saturated carbocycles. The normalized spacial score (nSPS) is 21.4. The Morgan fingerprint density at radius 2 is 1.86 bits per heavy atom. The number of hydrogen-bond acceptors (Lipinski definition) is 7. The summed E-state index contributed by atoms with van der Waals surface area (Å²) < 4.78 is 11.2. The first kappa shape index (κ1) is 20.9. The Balaban J connectivity index is 2.92. The largest absolute Gasteiger partial charge is 0.478 e. The number of hydrogen-bond donors (Lipinski definition) is 1. The number of nitrogens with zero attached hydrogens (tertiary/aromatic N) is 3. The van der Waals surface area contributed by atoms with Crippen LogP contribution in [0.3, 0.4) is 0 Å². The summed E-state index contributed by atoms with van der Waals surface area (Å²) in [5.74, 6) is -2.44. The minimum absolute atomic E-state index is 0.153. The summed E-state index contributed by atoms with van der Waals surface area (Å²) in [6.45, 7) is 8.16. The van der Waals surface area contributed by atoms with Gasteiger partial charge < -0.3 is 19.5 Å². The van der Waals surface area contributed by atoms with Crippen LogP contribution in [0.1, 0.15) is 34.6 Å². The standard InChI is InChI=1S/C20H21N3O5/c1-12(2)27-20(11-22)15(17(24)25)14(10-21)23-9-7-6-8-13(23)16(20)18(26)28-19(3,4)5/h6-9,12H,1-5H3,(H,24,25). The number of nitriles is 2. The fourth-order valence-corrected chi connectivity index (χ4v) is 2.98. The Morgan fingerprint density at radius 3 is 2.32 bits per heavy atom. The topological polar surface area (TPSA) is 124 Å². The van der Waals surface area contributed by atoms with E-state index in [2.05, 4.69) is 0 Å². The van der Waals surface area contributed by atoms with Gasteiger partial charge in [0.2, 0.25) is 5.60 Å². The van der Waals surface area contributed by atoms with Crippen molar-refractivity contribution in [2.75, 3.05) is 0 Å². The van der Waals surface area contributed by atoms with Gasteiger partial charge in [-0.05, 0) is 46.8 Å². The number of carboxylic acids is 1. The van der Waals surface area contributed by atoms with Gasteiger partial charge in [0.15, 0.2) is 0 Å². The number of esters is 1. The Morgan fingerprint density at radius 1 is 1.21 bits per heavy atom. The second kappa shape index (κ2) is 7.34. The van der Waals surface area contributed by atoms with Crippen LogP contribution in [0.4, 0.5) is 0 Å². The smallest absolute Gasteiger partial charge is 0.341 e. The summed E-state index contributed by atoms with van der Waals surface area (Å²) >= 11 is 0. The van der Waals surface area contributed by atoms with Crippen LogP contribution >= 0.6 is 0 Å². The first-order valence-electron chi connectivity index (χ1n) is 8.58. The molecule has 0 aliphatic carbocycles. The Kier molecular flexibility index (Phi) is 5.49. The molecule has 0 radical (unpaired) electrons. The Bertz CT molecular complexity index is 919. The van der Waals surface area contributed by atoms with Crippen molar-refractivity contribution in [3.05, 3.63) is 47.0 Å². The van der Waals surface area contributed by atoms with Crippen LogP contribution in [0, 0.1) is 22.7 Å². The Labute approximate surface area is 163 Å². The van der Waals surface area contributed by atoms with Crippen LogP contribution in [0.15, 0.2) is 47.0 Å². The maximum Gasteiger partial charge on any atom is 0.341 e. The lowest BCUT2D eigenvalue weighted by molar-refractivity contribution is -0.153. The number of rotatable bonds is 4. The van der Waals surface area contributed by atoms with Crippen LogP contribution < -0.4 is 0 Å². The highest BCUT2D eigenvalue weighted by molar-refractivity contribution is 6.02. The average Bonchev–Trinajstić information content (AvgIpc) is 2.57. The van der Waals surface area contributed by atoms with E-state index < -0.39 is 34.8 Å². The quantitative estimate of drug-likeness (QED) is 0.735. The number of allylic oxidation sites excluding steroid dienone is 4. The molecule has 146 valence electrons. The van der Waals surface area contributed by atoms with Crippen LogP contribution in [0.5, 0.6) is 0 Å². The highest BCUT2D eigenvalue weighted by Crippen LogP contribution is 2.44. The van der Waals surface area contributed by atoms with Crippen molar-refractivity contribution < 1.29 is 24.2 Å². The van der Waals surface area contributed by atoms with E-state index in [0.29, 0.717) is 0 Å². The van der Waals surface area contributed by atoms with E-state index in [1.165, 1.54) is 17.2 Å². The summed E-state index contributed by atoms with van der Waals surface area (Å²) in [6.07, 6.45) is 5.51. The van der Waals surface area contributed by atoms with E-state index in [9.17, 15) is 25.2 Å². The predicted molar refractivity (Wildman–Crippen MR) is 97.8 cm³/mol. The molecule has 0 aromatic heterocycles. The SMILES string of the molecule is CC(C)OC1(C#N)C(C(=O)O)=C(C#N)N2C=CC=CC2=C1C(=O)OC(C)(C)C. The van der Waals surface area contributed by atoms with Gasteiger partial charge in [-0.3, -0.25) is 0 Å². The van der Waals surface area contributed by atoms with Gasteiger partial charge in [-0.2, -0.15) is 10.5 Å². The van der Waals surface area contributed by atoms with Gasteiger partial charge in [-0.1, -0.05) is 6.08 Å². The third kappa shape index (κ3) is 3.55. The fraction of sp³-hybridized carbons (Fsp3) is 0.400. The van der Waals surface area contributed by atoms with Crippen LogP contribution in [-0.4, -0.2) is 39.3 Å². The zero-order valence-corrected chi connectivity index (χ0v) is 16.3. The number of aliphatic carboxylic acids is 1. The molecule has 2 rings (SSSR count). The van der Waals surface area contributed by atoms with Gasteiger partial charge in [-0.15, -0.1) is 0 Å². The zero-order chi connectivity index (χ0) is 21.3. The van der Waals surface area contributed by atoms with E-state index in [0.717, 1.165) is 0 Å². The minimum Gasteiger partial charge on any atom is -0.478 e. The molecular weight excluding hydrogens is 362 g/mol. The van der Waals surface area contributed by atoms with E-state index in [1.54, 1.807) is 46.8 Å². The summed E-state index contributed by atoms with van der Waals surface area (Å²) in [7, 11) is 0. The predicted octanol–water partition coefficient (Wildman–Crippen LogP) is 2.53. The minimum atomic E-state index is -2.31. The first-order chi connectivity index (χ1) is 13.0. The molecule has 28 heavy (non-hydrogen) atoms. The van der Waals surface area contributed by atoms with E-state index in [1.807, 2.05) is 12.1 Å². The number of carboxylic acid groups (broad SMARTS) is 1. The summed E-state index contributed by atoms with van der Waals surface area (Å²) in [5.41, 5.74) is -4.27. The van der Waals surface area contributed by atoms with Crippen molar-refractivity contribution in [1.82, 2.24) is 4.90 Å². The van der Waals surface area contributed by atoms with Gasteiger partial charge >= 0.3 is 11.9 Å². The lowest BCUT2D eigenvalue weighted by atomic mass is 9.79. The molecule has 0 bridgehead atoms. The molecule has 0 amide bonds. The first-order valence-corrected chi connectivity index (χ1v) is 8.58. The average molecular weight is 383 g/mol. The molecule has 2 aliphatic rings. The fourth-order valence-electron chi connectivity index (χ4n) is 2.98. The molecule has 0 aromatic rings. The van der Waals surface area contributed by atoms with Crippen molar-refractivity contribution in [2.45, 2.75) is 51.9 Å². The number of carbonyl (C=O) groups is 2. The van der Waals surface area contributed by atoms with Crippen molar-refractivity contribution in [2.24, 2.45) is 0 Å². The van der Waals surface area contributed by atoms with Crippen LogP contribution in [-0.2, 0) is 19.1 Å². The molecule has 1 unspecified atom stereocenters. The molecule has 8 heteroatoms. The molecule has 0 saturated heterocycles. The summed E-state index contributed by atoms with van der Waals surface area (Å²) in [4.78, 5) is 26.5. The van der Waals surface area contributed by atoms with Gasteiger partial charge in [0.05, 0.1) is 11.8 Å². The van der Waals surface area contributed by atoms with Crippen molar-refractivity contribution >= 4 is 11.9 Å². The second-order valence-electron chi connectivity index (χ2n) is 7.43. The molecule has 2 heterocycles.